The lowest BCUT2D eigenvalue weighted by molar-refractivity contribution is -0.136. The lowest BCUT2D eigenvalue weighted by Crippen LogP contribution is -2.54. The number of aromatic nitrogens is 1. The molecule has 34 heavy (non-hydrogen) atoms. The predicted octanol–water partition coefficient (Wildman–Crippen LogP) is 3.72. The summed E-state index contributed by atoms with van der Waals surface area (Å²) in [5.41, 5.74) is 0.745. The molecule has 0 radical (unpaired) electrons. The summed E-state index contributed by atoms with van der Waals surface area (Å²) in [5.74, 6) is -0.726. The van der Waals surface area contributed by atoms with Gasteiger partial charge >= 0.3 is 6.03 Å². The third-order valence-electron chi connectivity index (χ3n) is 5.63. The van der Waals surface area contributed by atoms with Crippen LogP contribution in [0.2, 0.25) is 5.02 Å². The predicted molar refractivity (Wildman–Crippen MR) is 128 cm³/mol. The van der Waals surface area contributed by atoms with Crippen LogP contribution in [-0.2, 0) is 16.1 Å². The number of amides is 4. The molecule has 8 nitrogen and oxygen atoms in total. The van der Waals surface area contributed by atoms with Crippen LogP contribution >= 0.6 is 11.6 Å². The first-order chi connectivity index (χ1) is 16.4. The zero-order valence-electron chi connectivity index (χ0n) is 19.0. The first-order valence-electron chi connectivity index (χ1n) is 11.4. The molecule has 4 amide bonds. The van der Waals surface area contributed by atoms with Gasteiger partial charge in [-0.15, -0.1) is 0 Å². The van der Waals surface area contributed by atoms with E-state index in [1.54, 1.807) is 29.2 Å². The Kier molecular flexibility index (Phi) is 9.21. The van der Waals surface area contributed by atoms with Crippen LogP contribution in [0.15, 0.2) is 42.6 Å². The molecule has 1 aliphatic rings. The second kappa shape index (κ2) is 12.3. The molecule has 3 rings (SSSR count). The van der Waals surface area contributed by atoms with E-state index in [0.717, 1.165) is 5.56 Å². The van der Waals surface area contributed by atoms with Crippen LogP contribution in [0.1, 0.15) is 38.2 Å². The second-order valence-corrected chi connectivity index (χ2v) is 8.71. The quantitative estimate of drug-likeness (QED) is 0.525. The van der Waals surface area contributed by atoms with Crippen molar-refractivity contribution in [1.29, 1.82) is 0 Å². The first-order valence-corrected chi connectivity index (χ1v) is 11.7. The molecule has 0 aliphatic carbocycles. The van der Waals surface area contributed by atoms with Crippen LogP contribution in [0.25, 0.3) is 0 Å². The van der Waals surface area contributed by atoms with Crippen molar-refractivity contribution in [1.82, 2.24) is 20.5 Å². The minimum absolute atomic E-state index is 0.204. The minimum Gasteiger partial charge on any atom is -0.340 e. The second-order valence-electron chi connectivity index (χ2n) is 8.27. The number of nitrogens with one attached hydrogen (secondary N) is 3. The van der Waals surface area contributed by atoms with Crippen LogP contribution in [0.4, 0.5) is 15.0 Å². The van der Waals surface area contributed by atoms with E-state index in [0.29, 0.717) is 43.1 Å². The Morgan fingerprint density at radius 1 is 1.21 bits per heavy atom. The molecule has 1 aromatic carbocycles. The van der Waals surface area contributed by atoms with Crippen molar-refractivity contribution in [2.75, 3.05) is 18.4 Å². The van der Waals surface area contributed by atoms with Crippen molar-refractivity contribution in [2.45, 2.75) is 45.2 Å². The molecule has 2 atom stereocenters. The highest BCUT2D eigenvalue weighted by molar-refractivity contribution is 6.30. The van der Waals surface area contributed by atoms with Crippen LogP contribution in [0.5, 0.6) is 0 Å². The van der Waals surface area contributed by atoms with Gasteiger partial charge in [0, 0.05) is 25.8 Å². The summed E-state index contributed by atoms with van der Waals surface area (Å²) in [6, 6.07) is 7.91. The van der Waals surface area contributed by atoms with Crippen LogP contribution in [-0.4, -0.2) is 46.9 Å². The molecule has 1 saturated heterocycles. The highest BCUT2D eigenvalue weighted by Crippen LogP contribution is 2.20. The van der Waals surface area contributed by atoms with E-state index >= 15 is 0 Å². The van der Waals surface area contributed by atoms with Crippen molar-refractivity contribution in [3.05, 3.63) is 59.0 Å². The molecule has 3 N–H and O–H groups in total. The maximum Gasteiger partial charge on any atom is 0.315 e. The van der Waals surface area contributed by atoms with Crippen molar-refractivity contribution in [2.24, 2.45) is 5.92 Å². The lowest BCUT2D eigenvalue weighted by atomic mass is 9.96. The Hall–Kier alpha value is -3.20. The van der Waals surface area contributed by atoms with Gasteiger partial charge in [-0.3, -0.25) is 9.59 Å². The fraction of sp³-hybridized carbons (Fsp3) is 0.417. The zero-order chi connectivity index (χ0) is 24.5. The normalized spacial score (nSPS) is 16.4. The molecule has 2 unspecified atom stereocenters. The number of carbonyl (C=O) groups excluding carboxylic acids is 3. The van der Waals surface area contributed by atoms with Gasteiger partial charge in [-0.25, -0.2) is 14.2 Å². The third-order valence-corrected chi connectivity index (χ3v) is 5.85. The van der Waals surface area contributed by atoms with E-state index < -0.39 is 12.1 Å². The fourth-order valence-corrected chi connectivity index (χ4v) is 3.94. The number of anilines is 1. The van der Waals surface area contributed by atoms with E-state index in [4.69, 9.17) is 11.6 Å². The molecule has 0 saturated carbocycles. The monoisotopic (exact) mass is 489 g/mol. The average molecular weight is 490 g/mol. The number of hydrogen-bond acceptors (Lipinski definition) is 4. The van der Waals surface area contributed by atoms with E-state index in [1.165, 1.54) is 18.3 Å². The molecule has 1 aromatic heterocycles. The summed E-state index contributed by atoms with van der Waals surface area (Å²) in [6.07, 6.45) is 3.98. The molecule has 10 heteroatoms. The van der Waals surface area contributed by atoms with Gasteiger partial charge in [0.1, 0.15) is 17.7 Å². The van der Waals surface area contributed by atoms with E-state index in [1.807, 2.05) is 6.92 Å². The molecule has 0 spiro atoms. The van der Waals surface area contributed by atoms with Crippen molar-refractivity contribution in [3.8, 4) is 0 Å². The number of piperidine rings is 1. The summed E-state index contributed by atoms with van der Waals surface area (Å²) in [7, 11) is 0. The van der Waals surface area contributed by atoms with Crippen molar-refractivity contribution >= 4 is 35.3 Å². The molecule has 2 heterocycles. The number of hydrogen-bond donors (Lipinski definition) is 3. The number of pyridine rings is 1. The van der Waals surface area contributed by atoms with Gasteiger partial charge in [0.2, 0.25) is 11.8 Å². The van der Waals surface area contributed by atoms with Crippen molar-refractivity contribution < 1.29 is 18.8 Å². The molecule has 182 valence electrons. The number of likely N-dealkylation sites (tertiary alicyclic amines) is 1. The summed E-state index contributed by atoms with van der Waals surface area (Å²) >= 11 is 5.83. The Labute approximate surface area is 203 Å². The third kappa shape index (κ3) is 7.41. The topological polar surface area (TPSA) is 103 Å². The highest BCUT2D eigenvalue weighted by atomic mass is 35.5. The Morgan fingerprint density at radius 3 is 2.65 bits per heavy atom. The van der Waals surface area contributed by atoms with E-state index in [2.05, 4.69) is 20.9 Å². The SMILES string of the molecule is CCCC(NC(=O)NCc1ccc(F)cc1)C(=O)N1CCCC(C(=O)Nc2ccc(Cl)cn2)C1. The summed E-state index contributed by atoms with van der Waals surface area (Å²) < 4.78 is 13.0. The van der Waals surface area contributed by atoms with Gasteiger partial charge in [0.25, 0.3) is 0 Å². The van der Waals surface area contributed by atoms with E-state index in [9.17, 15) is 18.8 Å². The number of carbonyl (C=O) groups is 3. The smallest absolute Gasteiger partial charge is 0.315 e. The molecule has 1 fully saturated rings. The van der Waals surface area contributed by atoms with Crippen LogP contribution in [0, 0.1) is 11.7 Å². The number of nitrogens with zero attached hydrogens (tertiary/aromatic N) is 2. The Bertz CT molecular complexity index is 987. The van der Waals surface area contributed by atoms with Crippen LogP contribution < -0.4 is 16.0 Å². The largest absolute Gasteiger partial charge is 0.340 e. The highest BCUT2D eigenvalue weighted by Gasteiger charge is 2.32. The summed E-state index contributed by atoms with van der Waals surface area (Å²) in [4.78, 5) is 44.0. The Balaban J connectivity index is 1.54. The molecular formula is C24H29ClFN5O3. The number of benzene rings is 1. The lowest BCUT2D eigenvalue weighted by Gasteiger charge is -2.34. The molecular weight excluding hydrogens is 461 g/mol. The van der Waals surface area contributed by atoms with Gasteiger partial charge in [-0.2, -0.15) is 0 Å². The van der Waals surface area contributed by atoms with Crippen LogP contribution in [0.3, 0.4) is 0 Å². The number of halogens is 2. The maximum absolute atomic E-state index is 13.2. The van der Waals surface area contributed by atoms with Crippen molar-refractivity contribution in [3.63, 3.8) is 0 Å². The summed E-state index contributed by atoms with van der Waals surface area (Å²) in [6.45, 7) is 2.95. The minimum atomic E-state index is -0.696. The standard InChI is InChI=1S/C24H29ClFN5O3/c1-2-4-20(29-24(34)28-13-16-6-9-19(26)10-7-16)23(33)31-12-3-5-17(15-31)22(32)30-21-11-8-18(25)14-27-21/h6-11,14,17,20H,2-5,12-13,15H2,1H3,(H,27,30,32)(H2,28,29,34). The van der Waals surface area contributed by atoms with Gasteiger partial charge < -0.3 is 20.9 Å². The van der Waals surface area contributed by atoms with Gasteiger partial charge in [0.15, 0.2) is 0 Å². The first kappa shape index (κ1) is 25.4. The Morgan fingerprint density at radius 2 is 1.97 bits per heavy atom. The van der Waals surface area contributed by atoms with E-state index in [-0.39, 0.29) is 36.6 Å². The van der Waals surface area contributed by atoms with Gasteiger partial charge in [0.05, 0.1) is 10.9 Å². The average Bonchev–Trinajstić information content (AvgIpc) is 2.84. The number of rotatable bonds is 8. The van der Waals surface area contributed by atoms with Gasteiger partial charge in [-0.05, 0) is 49.1 Å². The molecule has 1 aliphatic heterocycles. The van der Waals surface area contributed by atoms with Gasteiger partial charge in [-0.1, -0.05) is 37.1 Å². The number of urea groups is 1. The summed E-state index contributed by atoms with van der Waals surface area (Å²) in [5, 5.41) is 8.69. The fourth-order valence-electron chi connectivity index (χ4n) is 3.83. The molecule has 2 aromatic rings. The maximum atomic E-state index is 13.2. The molecule has 0 bridgehead atoms. The zero-order valence-corrected chi connectivity index (χ0v) is 19.8.